The Balaban J connectivity index is 2.84. The summed E-state index contributed by atoms with van der Waals surface area (Å²) in [4.78, 5) is 0. The predicted octanol–water partition coefficient (Wildman–Crippen LogP) is 5.76. The van der Waals surface area contributed by atoms with E-state index in [9.17, 15) is 0 Å². The first-order chi connectivity index (χ1) is 12.8. The van der Waals surface area contributed by atoms with Gasteiger partial charge in [0.2, 0.25) is 0 Å². The zero-order valence-corrected chi connectivity index (χ0v) is 17.7. The summed E-state index contributed by atoms with van der Waals surface area (Å²) in [6.07, 6.45) is 4.22. The molecular weight excluding hydrogens is 327 g/mol. The van der Waals surface area contributed by atoms with Gasteiger partial charge >= 0.3 is 0 Å². The number of nitriles is 1. The van der Waals surface area contributed by atoms with E-state index < -0.39 is 0 Å². The van der Waals surface area contributed by atoms with E-state index in [1.165, 1.54) is 27.8 Å². The minimum atomic E-state index is 0.334. The van der Waals surface area contributed by atoms with Gasteiger partial charge in [0.1, 0.15) is 7.28 Å². The smallest absolute Gasteiger partial charge is 0.146 e. The van der Waals surface area contributed by atoms with Crippen LogP contribution in [0.1, 0.15) is 56.2 Å². The first kappa shape index (κ1) is 22.8. The van der Waals surface area contributed by atoms with E-state index in [4.69, 9.17) is 5.26 Å². The molecule has 1 aromatic carbocycles. The van der Waals surface area contributed by atoms with Crippen LogP contribution in [0.25, 0.3) is 5.57 Å². The largest absolute Gasteiger partial charge is 0.393 e. The van der Waals surface area contributed by atoms with Crippen LogP contribution in [-0.2, 0) is 6.42 Å². The molecule has 1 N–H and O–H groups in total. The van der Waals surface area contributed by atoms with Crippen molar-refractivity contribution in [2.75, 3.05) is 0 Å². The van der Waals surface area contributed by atoms with E-state index in [1.807, 2.05) is 0 Å². The van der Waals surface area contributed by atoms with Crippen molar-refractivity contribution in [3.63, 3.8) is 0 Å². The van der Waals surface area contributed by atoms with Crippen LogP contribution in [-0.4, -0.2) is 13.2 Å². The third-order valence-corrected chi connectivity index (χ3v) is 5.02. The molecule has 0 heterocycles. The van der Waals surface area contributed by atoms with Gasteiger partial charge in [-0.1, -0.05) is 50.7 Å². The zero-order chi connectivity index (χ0) is 20.4. The van der Waals surface area contributed by atoms with Crippen LogP contribution >= 0.6 is 0 Å². The lowest BCUT2D eigenvalue weighted by molar-refractivity contribution is 0.595. The minimum Gasteiger partial charge on any atom is -0.393 e. The van der Waals surface area contributed by atoms with Gasteiger partial charge in [-0.2, -0.15) is 5.26 Å². The van der Waals surface area contributed by atoms with Crippen molar-refractivity contribution in [1.29, 1.82) is 5.26 Å². The van der Waals surface area contributed by atoms with Gasteiger partial charge in [0.25, 0.3) is 0 Å². The maximum absolute atomic E-state index is 8.74. The van der Waals surface area contributed by atoms with Gasteiger partial charge in [-0.3, -0.25) is 0 Å². The van der Waals surface area contributed by atoms with Crippen molar-refractivity contribution in [1.82, 2.24) is 5.32 Å². The summed E-state index contributed by atoms with van der Waals surface area (Å²) in [5, 5.41) is 12.2. The number of benzene rings is 1. The molecule has 27 heavy (non-hydrogen) atoms. The number of hydrogen-bond donors (Lipinski definition) is 1. The van der Waals surface area contributed by atoms with Crippen LogP contribution in [0.5, 0.6) is 0 Å². The van der Waals surface area contributed by atoms with Crippen molar-refractivity contribution < 1.29 is 0 Å². The third kappa shape index (κ3) is 7.91. The van der Waals surface area contributed by atoms with Gasteiger partial charge in [-0.25, -0.2) is 0 Å². The lowest BCUT2D eigenvalue weighted by atomic mass is 9.69. The number of nitrogens with one attached hydrogen (secondary N) is 1. The highest BCUT2D eigenvalue weighted by Crippen LogP contribution is 2.28. The molecule has 0 amide bonds. The maximum Gasteiger partial charge on any atom is 0.146 e. The first-order valence-corrected chi connectivity index (χ1v) is 10.0. The molecule has 0 saturated heterocycles. The summed E-state index contributed by atoms with van der Waals surface area (Å²) in [5.41, 5.74) is 7.35. The second kappa shape index (κ2) is 11.5. The molecule has 0 saturated carbocycles. The van der Waals surface area contributed by atoms with Crippen LogP contribution in [0, 0.1) is 24.2 Å². The summed E-state index contributed by atoms with van der Waals surface area (Å²) >= 11 is 0. The monoisotopic (exact) mass is 362 g/mol. The van der Waals surface area contributed by atoms with E-state index in [0.717, 1.165) is 32.2 Å². The third-order valence-electron chi connectivity index (χ3n) is 5.02. The van der Waals surface area contributed by atoms with Crippen LogP contribution in [0.3, 0.4) is 0 Å². The molecule has 0 aliphatic heterocycles. The van der Waals surface area contributed by atoms with Crippen molar-refractivity contribution in [2.24, 2.45) is 5.92 Å². The van der Waals surface area contributed by atoms with Crippen LogP contribution in [0.4, 0.5) is 0 Å². The Morgan fingerprint density at radius 1 is 1.26 bits per heavy atom. The van der Waals surface area contributed by atoms with Crippen LogP contribution in [0.2, 0.25) is 6.82 Å². The lowest BCUT2D eigenvalue weighted by Gasteiger charge is -2.22. The highest BCUT2D eigenvalue weighted by atomic mass is 14.9. The molecule has 2 atom stereocenters. The molecule has 144 valence electrons. The van der Waals surface area contributed by atoms with Gasteiger partial charge in [-0.15, -0.1) is 6.58 Å². The number of allylic oxidation sites excluding steroid dienone is 3. The molecule has 0 spiro atoms. The zero-order valence-electron chi connectivity index (χ0n) is 17.7. The molecule has 0 aliphatic rings. The topological polar surface area (TPSA) is 35.8 Å². The number of nitrogens with zero attached hydrogens (tertiary/aromatic N) is 1. The summed E-state index contributed by atoms with van der Waals surface area (Å²) in [5.74, 6) is 0.896. The molecular formula is C24H35BN2. The second-order valence-corrected chi connectivity index (χ2v) is 7.88. The Kier molecular flexibility index (Phi) is 9.72. The van der Waals surface area contributed by atoms with Crippen molar-refractivity contribution in [3.05, 3.63) is 65.9 Å². The average Bonchev–Trinajstić information content (AvgIpc) is 2.59. The molecule has 0 aliphatic carbocycles. The predicted molar refractivity (Wildman–Crippen MR) is 121 cm³/mol. The van der Waals surface area contributed by atoms with Gasteiger partial charge < -0.3 is 5.32 Å². The molecule has 2 unspecified atom stereocenters. The van der Waals surface area contributed by atoms with Crippen molar-refractivity contribution in [3.8, 4) is 6.07 Å². The average molecular weight is 362 g/mol. The van der Waals surface area contributed by atoms with Gasteiger partial charge in [-0.05, 0) is 67.7 Å². The molecule has 0 bridgehead atoms. The highest BCUT2D eigenvalue weighted by Gasteiger charge is 2.14. The standard InChI is InChI=1S/C24H35BN2/c1-17(2)14-18(3)15-19(4)23-12-8-11-22(21(23)6)16-24(25-7)27-20(5)10-9-13-26/h8,11-12,18,24-25,27H,1,4-5,9-10,14-16H2,2-3,6-7H3. The maximum atomic E-state index is 8.74. The Morgan fingerprint density at radius 3 is 2.56 bits per heavy atom. The Morgan fingerprint density at radius 2 is 1.96 bits per heavy atom. The molecule has 3 heteroatoms. The van der Waals surface area contributed by atoms with Crippen LogP contribution in [0.15, 0.2) is 49.2 Å². The molecule has 0 fully saturated rings. The van der Waals surface area contributed by atoms with Crippen molar-refractivity contribution >= 4 is 12.9 Å². The second-order valence-electron chi connectivity index (χ2n) is 7.88. The molecule has 1 rings (SSSR count). The molecule has 1 aromatic rings. The van der Waals surface area contributed by atoms with E-state index in [1.54, 1.807) is 0 Å². The highest BCUT2D eigenvalue weighted by molar-refractivity contribution is 6.35. The number of hydrogen-bond acceptors (Lipinski definition) is 2. The Labute approximate surface area is 167 Å². The lowest BCUT2D eigenvalue weighted by Crippen LogP contribution is -2.34. The minimum absolute atomic E-state index is 0.334. The summed E-state index contributed by atoms with van der Waals surface area (Å²) in [7, 11) is 1.02. The molecule has 0 aromatic heterocycles. The van der Waals surface area contributed by atoms with Crippen LogP contribution < -0.4 is 5.32 Å². The van der Waals surface area contributed by atoms with E-state index in [0.29, 0.717) is 24.7 Å². The summed E-state index contributed by atoms with van der Waals surface area (Å²) in [6, 6.07) is 8.73. The number of rotatable bonds is 12. The summed E-state index contributed by atoms with van der Waals surface area (Å²) < 4.78 is 0. The SMILES string of the molecule is C=C(C)CC(C)CC(=C)c1cccc(CC(BC)NC(=C)CCC#N)c1C. The quantitative estimate of drug-likeness (QED) is 0.379. The van der Waals surface area contributed by atoms with E-state index in [2.05, 4.69) is 76.9 Å². The van der Waals surface area contributed by atoms with E-state index >= 15 is 0 Å². The van der Waals surface area contributed by atoms with Gasteiger partial charge in [0.05, 0.1) is 6.07 Å². The van der Waals surface area contributed by atoms with Gasteiger partial charge in [0, 0.05) is 18.1 Å². The van der Waals surface area contributed by atoms with E-state index in [-0.39, 0.29) is 0 Å². The first-order valence-electron chi connectivity index (χ1n) is 10.0. The van der Waals surface area contributed by atoms with Crippen molar-refractivity contribution in [2.45, 2.75) is 65.6 Å². The fraction of sp³-hybridized carbons (Fsp3) is 0.458. The van der Waals surface area contributed by atoms with Gasteiger partial charge in [0.15, 0.2) is 0 Å². The Bertz CT molecular complexity index is 712. The fourth-order valence-electron chi connectivity index (χ4n) is 3.62. The fourth-order valence-corrected chi connectivity index (χ4v) is 3.62. The molecule has 2 nitrogen and oxygen atoms in total. The summed E-state index contributed by atoms with van der Waals surface area (Å²) in [6.45, 7) is 21.2. The molecule has 0 radical (unpaired) electrons. The normalized spacial score (nSPS) is 12.6. The Hall–Kier alpha value is -2.21.